The highest BCUT2D eigenvalue weighted by Crippen LogP contribution is 2.34. The topological polar surface area (TPSA) is 68.0 Å². The number of fused-ring (bicyclic) bond motifs is 1. The zero-order valence-corrected chi connectivity index (χ0v) is 13.4. The first-order valence-corrected chi connectivity index (χ1v) is 8.22. The van der Waals surface area contributed by atoms with E-state index in [1.807, 2.05) is 31.4 Å². The molecule has 0 saturated heterocycles. The second kappa shape index (κ2) is 5.46. The average molecular weight is 317 g/mol. The van der Waals surface area contributed by atoms with Crippen molar-refractivity contribution in [3.63, 3.8) is 0 Å². The Morgan fingerprint density at radius 3 is 2.81 bits per heavy atom. The Morgan fingerprint density at radius 1 is 1.33 bits per heavy atom. The maximum atomic E-state index is 12.3. The summed E-state index contributed by atoms with van der Waals surface area (Å²) in [5, 5.41) is 5.85. The van der Waals surface area contributed by atoms with Gasteiger partial charge in [-0.15, -0.1) is 22.7 Å². The molecule has 0 radical (unpaired) electrons. The van der Waals surface area contributed by atoms with E-state index in [1.54, 1.807) is 17.5 Å². The predicted molar refractivity (Wildman–Crippen MR) is 89.0 cm³/mol. The molecule has 0 aliphatic heterocycles. The van der Waals surface area contributed by atoms with Gasteiger partial charge in [-0.2, -0.15) is 0 Å². The first-order chi connectivity index (χ1) is 10.1. The summed E-state index contributed by atoms with van der Waals surface area (Å²) in [5.74, 6) is -0.136. The Hall–Kier alpha value is -1.92. The normalized spacial score (nSPS) is 11.0. The highest BCUT2D eigenvalue weighted by molar-refractivity contribution is 7.21. The predicted octanol–water partition coefficient (Wildman–Crippen LogP) is 3.49. The molecule has 0 saturated carbocycles. The van der Waals surface area contributed by atoms with Gasteiger partial charge in [0.15, 0.2) is 0 Å². The van der Waals surface area contributed by atoms with E-state index in [4.69, 9.17) is 5.73 Å². The molecule has 1 amide bonds. The van der Waals surface area contributed by atoms with Crippen LogP contribution >= 0.6 is 22.7 Å². The molecule has 0 aliphatic rings. The molecule has 0 aromatic carbocycles. The summed E-state index contributed by atoms with van der Waals surface area (Å²) < 4.78 is 0. The third-order valence-corrected chi connectivity index (χ3v) is 5.56. The van der Waals surface area contributed by atoms with Crippen LogP contribution in [-0.2, 0) is 6.54 Å². The summed E-state index contributed by atoms with van der Waals surface area (Å²) in [6, 6.07) is 3.95. The SMILES string of the molecule is Cc1ccsc1CNC(=O)c1sc2nccc(C)c2c1N. The zero-order chi connectivity index (χ0) is 15.0. The van der Waals surface area contributed by atoms with Gasteiger partial charge >= 0.3 is 0 Å². The van der Waals surface area contributed by atoms with Crippen molar-refractivity contribution in [3.05, 3.63) is 44.6 Å². The Balaban J connectivity index is 1.87. The number of nitrogens with one attached hydrogen (secondary N) is 1. The molecule has 3 aromatic rings. The quantitative estimate of drug-likeness (QED) is 0.777. The Morgan fingerprint density at radius 2 is 2.14 bits per heavy atom. The molecule has 108 valence electrons. The van der Waals surface area contributed by atoms with Crippen LogP contribution in [0, 0.1) is 13.8 Å². The molecule has 3 heterocycles. The number of hydrogen-bond donors (Lipinski definition) is 2. The van der Waals surface area contributed by atoms with Crippen molar-refractivity contribution in [1.29, 1.82) is 0 Å². The number of carbonyl (C=O) groups excluding carboxylic acids is 1. The number of amides is 1. The average Bonchev–Trinajstić information content (AvgIpc) is 3.01. The minimum atomic E-state index is -0.136. The Bertz CT molecular complexity index is 820. The third kappa shape index (κ3) is 2.52. The highest BCUT2D eigenvalue weighted by atomic mass is 32.1. The lowest BCUT2D eigenvalue weighted by molar-refractivity contribution is 0.0956. The van der Waals surface area contributed by atoms with Crippen molar-refractivity contribution in [1.82, 2.24) is 10.3 Å². The standard InChI is InChI=1S/C15H15N3OS2/c1-8-4-6-20-10(8)7-18-14(19)13-12(16)11-9(2)3-5-17-15(11)21-13/h3-6H,7,16H2,1-2H3,(H,18,19). The van der Waals surface area contributed by atoms with E-state index in [9.17, 15) is 4.79 Å². The number of anilines is 1. The fourth-order valence-electron chi connectivity index (χ4n) is 2.20. The summed E-state index contributed by atoms with van der Waals surface area (Å²) >= 11 is 2.99. The zero-order valence-electron chi connectivity index (χ0n) is 11.8. The van der Waals surface area contributed by atoms with Crippen molar-refractivity contribution < 1.29 is 4.79 Å². The first kappa shape index (κ1) is 14.0. The smallest absolute Gasteiger partial charge is 0.263 e. The van der Waals surface area contributed by atoms with E-state index in [0.717, 1.165) is 20.7 Å². The molecule has 3 rings (SSSR count). The fourth-order valence-corrected chi connectivity index (χ4v) is 4.10. The van der Waals surface area contributed by atoms with Crippen LogP contribution in [0.1, 0.15) is 25.7 Å². The molecule has 0 atom stereocenters. The molecule has 0 spiro atoms. The van der Waals surface area contributed by atoms with Crippen molar-refractivity contribution >= 4 is 44.5 Å². The molecule has 0 fully saturated rings. The second-order valence-electron chi connectivity index (χ2n) is 4.86. The summed E-state index contributed by atoms with van der Waals surface area (Å²) in [7, 11) is 0. The third-order valence-electron chi connectivity index (χ3n) is 3.42. The van der Waals surface area contributed by atoms with Crippen LogP contribution < -0.4 is 11.1 Å². The van der Waals surface area contributed by atoms with Gasteiger partial charge in [-0.05, 0) is 42.5 Å². The van der Waals surface area contributed by atoms with E-state index >= 15 is 0 Å². The van der Waals surface area contributed by atoms with Gasteiger partial charge in [0.1, 0.15) is 9.71 Å². The molecule has 0 unspecified atom stereocenters. The lowest BCUT2D eigenvalue weighted by atomic mass is 10.2. The molecule has 3 N–H and O–H groups in total. The van der Waals surface area contributed by atoms with Crippen LogP contribution in [0.5, 0.6) is 0 Å². The molecule has 4 nitrogen and oxygen atoms in total. The molecular formula is C15H15N3OS2. The van der Waals surface area contributed by atoms with Crippen molar-refractivity contribution in [3.8, 4) is 0 Å². The van der Waals surface area contributed by atoms with Gasteiger partial charge in [0, 0.05) is 16.5 Å². The second-order valence-corrected chi connectivity index (χ2v) is 6.86. The number of nitrogens with two attached hydrogens (primary N) is 1. The van der Waals surface area contributed by atoms with Crippen molar-refractivity contribution in [2.45, 2.75) is 20.4 Å². The van der Waals surface area contributed by atoms with Crippen LogP contribution in [0.2, 0.25) is 0 Å². The largest absolute Gasteiger partial charge is 0.397 e. The number of thiophene rings is 2. The number of nitrogen functional groups attached to an aromatic ring is 1. The Labute approximate surface area is 130 Å². The van der Waals surface area contributed by atoms with Crippen LogP contribution in [-0.4, -0.2) is 10.9 Å². The fraction of sp³-hybridized carbons (Fsp3) is 0.200. The van der Waals surface area contributed by atoms with E-state index in [1.165, 1.54) is 16.9 Å². The van der Waals surface area contributed by atoms with Gasteiger partial charge in [-0.3, -0.25) is 4.79 Å². The highest BCUT2D eigenvalue weighted by Gasteiger charge is 2.18. The molecule has 0 aliphatic carbocycles. The number of aromatic nitrogens is 1. The number of hydrogen-bond acceptors (Lipinski definition) is 5. The number of rotatable bonds is 3. The molecule has 21 heavy (non-hydrogen) atoms. The number of carbonyl (C=O) groups is 1. The van der Waals surface area contributed by atoms with Crippen LogP contribution in [0.4, 0.5) is 5.69 Å². The molecule has 3 aromatic heterocycles. The summed E-state index contributed by atoms with van der Waals surface area (Å²) in [6.45, 7) is 4.55. The monoisotopic (exact) mass is 317 g/mol. The number of nitrogens with zero attached hydrogens (tertiary/aromatic N) is 1. The Kier molecular flexibility index (Phi) is 3.65. The van der Waals surface area contributed by atoms with Gasteiger partial charge < -0.3 is 11.1 Å². The summed E-state index contributed by atoms with van der Waals surface area (Å²) in [6.07, 6.45) is 1.74. The minimum absolute atomic E-state index is 0.136. The summed E-state index contributed by atoms with van der Waals surface area (Å²) in [5.41, 5.74) is 8.90. The van der Waals surface area contributed by atoms with E-state index in [-0.39, 0.29) is 5.91 Å². The van der Waals surface area contributed by atoms with E-state index in [0.29, 0.717) is 17.1 Å². The van der Waals surface area contributed by atoms with Crippen LogP contribution in [0.25, 0.3) is 10.2 Å². The van der Waals surface area contributed by atoms with Gasteiger partial charge in [0.05, 0.1) is 12.2 Å². The number of aryl methyl sites for hydroxylation is 2. The van der Waals surface area contributed by atoms with Crippen molar-refractivity contribution in [2.75, 3.05) is 5.73 Å². The maximum absolute atomic E-state index is 12.3. The molecule has 0 bridgehead atoms. The maximum Gasteiger partial charge on any atom is 0.263 e. The minimum Gasteiger partial charge on any atom is -0.397 e. The van der Waals surface area contributed by atoms with Crippen molar-refractivity contribution in [2.24, 2.45) is 0 Å². The van der Waals surface area contributed by atoms with Crippen LogP contribution in [0.3, 0.4) is 0 Å². The van der Waals surface area contributed by atoms with Crippen LogP contribution in [0.15, 0.2) is 23.7 Å². The van der Waals surface area contributed by atoms with E-state index < -0.39 is 0 Å². The van der Waals surface area contributed by atoms with E-state index in [2.05, 4.69) is 10.3 Å². The van der Waals surface area contributed by atoms with Gasteiger partial charge in [0.2, 0.25) is 0 Å². The van der Waals surface area contributed by atoms with Gasteiger partial charge in [0.25, 0.3) is 5.91 Å². The van der Waals surface area contributed by atoms with Gasteiger partial charge in [-0.25, -0.2) is 4.98 Å². The van der Waals surface area contributed by atoms with Gasteiger partial charge in [-0.1, -0.05) is 0 Å². The molecule has 6 heteroatoms. The summed E-state index contributed by atoms with van der Waals surface area (Å²) in [4.78, 5) is 19.2. The number of pyridine rings is 1. The molecular weight excluding hydrogens is 302 g/mol. The first-order valence-electron chi connectivity index (χ1n) is 6.52. The lowest BCUT2D eigenvalue weighted by Gasteiger charge is -2.04. The lowest BCUT2D eigenvalue weighted by Crippen LogP contribution is -2.22.